The Morgan fingerprint density at radius 3 is 1.05 bits per heavy atom. The number of carbonyl (C=O) groups excluding carboxylic acids is 2. The zero-order valence-corrected chi connectivity index (χ0v) is 33.8. The Balaban J connectivity index is 1.30. The van der Waals surface area contributed by atoms with Crippen LogP contribution in [0.3, 0.4) is 0 Å². The van der Waals surface area contributed by atoms with Crippen molar-refractivity contribution in [2.45, 2.75) is 19.6 Å². The van der Waals surface area contributed by atoms with Gasteiger partial charge < -0.3 is 9.47 Å². The van der Waals surface area contributed by atoms with E-state index in [1.807, 2.05) is 12.1 Å². The van der Waals surface area contributed by atoms with E-state index in [0.29, 0.717) is 33.4 Å². The summed E-state index contributed by atoms with van der Waals surface area (Å²) in [6, 6.07) is 48.2. The number of nitriles is 2. The van der Waals surface area contributed by atoms with E-state index >= 15 is 0 Å². The highest BCUT2D eigenvalue weighted by Crippen LogP contribution is 2.54. The molecule has 2 aliphatic rings. The third kappa shape index (κ3) is 6.66. The minimum atomic E-state index is -4.08. The van der Waals surface area contributed by atoms with Crippen molar-refractivity contribution in [2.75, 3.05) is 0 Å². The number of ether oxygens (including phenoxy) is 2. The van der Waals surface area contributed by atoms with Crippen LogP contribution in [0.15, 0.2) is 201 Å². The Morgan fingerprint density at radius 2 is 0.694 bits per heavy atom. The SMILES string of the molecule is N#C/C(C(=O)Oc1ccccc1)=C1/c2cc(S(=O)(=O)c3ccccc3)ccc2-c2cc3c(cc21)/C(=C(/C#N)C(=O)Oc1ccccc1)c1cc(S(=O)(=O)c2ccccc2)ccc1-3. The van der Waals surface area contributed by atoms with Gasteiger partial charge in [-0.15, -0.1) is 0 Å². The van der Waals surface area contributed by atoms with E-state index in [1.165, 1.54) is 48.5 Å². The number of hydrogen-bond donors (Lipinski definition) is 0. The number of sulfone groups is 2. The summed E-state index contributed by atoms with van der Waals surface area (Å²) in [5, 5.41) is 21.4. The Labute approximate surface area is 356 Å². The summed E-state index contributed by atoms with van der Waals surface area (Å²) >= 11 is 0. The molecule has 12 heteroatoms. The maximum absolute atomic E-state index is 14.0. The van der Waals surface area contributed by atoms with Gasteiger partial charge in [-0.25, -0.2) is 26.4 Å². The summed E-state index contributed by atoms with van der Waals surface area (Å²) in [5.74, 6) is -1.70. The molecule has 0 radical (unpaired) electrons. The fourth-order valence-corrected chi connectivity index (χ4v) is 10.3. The summed E-state index contributed by atoms with van der Waals surface area (Å²) in [5.41, 5.74) is 2.28. The fourth-order valence-electron chi connectivity index (χ4n) is 7.72. The standard InChI is InChI=1S/C50H28N2O8S2/c51-29-45(49(53)59-31-13-5-1-6-14-31)47-41-25-35(61(55,56)33-17-9-3-10-18-33)21-23-37(41)39-27-40-38-24-22-36(62(57,58)34-19-11-4-12-20-34)26-42(38)48(44(40)28-43(39)47)46(30-52)50(54)60-32-15-7-2-8-16-32/h1-28H/b47-45-,48-46+. The molecular formula is C50H28N2O8S2. The van der Waals surface area contributed by atoms with Crippen LogP contribution in [0.5, 0.6) is 11.5 Å². The van der Waals surface area contributed by atoms with Gasteiger partial charge in [0.1, 0.15) is 34.8 Å². The minimum Gasteiger partial charge on any atom is -0.422 e. The molecule has 7 aromatic rings. The van der Waals surface area contributed by atoms with E-state index in [-0.39, 0.29) is 53.4 Å². The highest BCUT2D eigenvalue weighted by atomic mass is 32.2. The lowest BCUT2D eigenvalue weighted by Gasteiger charge is -2.12. The Kier molecular flexibility index (Phi) is 9.80. The first kappa shape index (κ1) is 39.3. The fraction of sp³-hybridized carbons (Fsp3) is 0. The van der Waals surface area contributed by atoms with Crippen molar-refractivity contribution in [2.24, 2.45) is 0 Å². The van der Waals surface area contributed by atoms with Crippen molar-refractivity contribution in [3.05, 3.63) is 203 Å². The molecule has 10 nitrogen and oxygen atoms in total. The first-order valence-electron chi connectivity index (χ1n) is 18.9. The van der Waals surface area contributed by atoms with Gasteiger partial charge in [0.15, 0.2) is 0 Å². The van der Waals surface area contributed by atoms with Gasteiger partial charge in [-0.05, 0) is 129 Å². The maximum Gasteiger partial charge on any atom is 0.354 e. The molecule has 7 aromatic carbocycles. The van der Waals surface area contributed by atoms with Crippen LogP contribution < -0.4 is 9.47 Å². The van der Waals surface area contributed by atoms with Gasteiger partial charge in [-0.2, -0.15) is 10.5 Å². The molecule has 0 saturated heterocycles. The molecule has 0 atom stereocenters. The largest absolute Gasteiger partial charge is 0.422 e. The lowest BCUT2D eigenvalue weighted by atomic mass is 9.92. The molecule has 0 bridgehead atoms. The van der Waals surface area contributed by atoms with Crippen molar-refractivity contribution >= 4 is 42.8 Å². The van der Waals surface area contributed by atoms with E-state index < -0.39 is 42.8 Å². The zero-order valence-electron chi connectivity index (χ0n) is 32.1. The third-order valence-electron chi connectivity index (χ3n) is 10.6. The van der Waals surface area contributed by atoms with Gasteiger partial charge in [0.05, 0.1) is 19.6 Å². The zero-order chi connectivity index (χ0) is 43.2. The second-order valence-electron chi connectivity index (χ2n) is 14.1. The maximum atomic E-state index is 14.0. The number of nitrogens with zero attached hydrogens (tertiary/aromatic N) is 2. The number of para-hydroxylation sites is 2. The molecule has 0 unspecified atom stereocenters. The molecule has 0 amide bonds. The van der Waals surface area contributed by atoms with Crippen LogP contribution in [0.1, 0.15) is 22.3 Å². The lowest BCUT2D eigenvalue weighted by molar-refractivity contribution is -0.130. The normalized spacial score (nSPS) is 13.9. The summed E-state index contributed by atoms with van der Waals surface area (Å²) in [6.45, 7) is 0. The van der Waals surface area contributed by atoms with E-state index in [2.05, 4.69) is 0 Å². The van der Waals surface area contributed by atoms with E-state index in [1.54, 1.807) is 121 Å². The molecule has 9 rings (SSSR count). The molecule has 62 heavy (non-hydrogen) atoms. The van der Waals surface area contributed by atoms with Crippen LogP contribution >= 0.6 is 0 Å². The topological polar surface area (TPSA) is 168 Å². The van der Waals surface area contributed by atoms with Crippen molar-refractivity contribution in [3.63, 3.8) is 0 Å². The van der Waals surface area contributed by atoms with Gasteiger partial charge in [-0.1, -0.05) is 84.9 Å². The van der Waals surface area contributed by atoms with Crippen LogP contribution in [0.4, 0.5) is 0 Å². The molecular weight excluding hydrogens is 821 g/mol. The van der Waals surface area contributed by atoms with Crippen LogP contribution in [0, 0.1) is 22.7 Å². The van der Waals surface area contributed by atoms with E-state index in [9.17, 15) is 36.9 Å². The summed E-state index contributed by atoms with van der Waals surface area (Å²) < 4.78 is 67.2. The molecule has 0 heterocycles. The molecule has 0 spiro atoms. The van der Waals surface area contributed by atoms with Crippen molar-refractivity contribution in [3.8, 4) is 45.9 Å². The van der Waals surface area contributed by atoms with Crippen LogP contribution in [0.2, 0.25) is 0 Å². The molecule has 0 N–H and O–H groups in total. The Morgan fingerprint density at radius 1 is 0.371 bits per heavy atom. The smallest absolute Gasteiger partial charge is 0.354 e. The van der Waals surface area contributed by atoms with E-state index in [4.69, 9.17) is 9.47 Å². The Bertz CT molecular complexity index is 3180. The molecule has 0 aliphatic heterocycles. The average Bonchev–Trinajstić information content (AvgIpc) is 3.78. The number of rotatable bonds is 8. The number of carbonyl (C=O) groups is 2. The van der Waals surface area contributed by atoms with Crippen LogP contribution in [-0.4, -0.2) is 28.8 Å². The van der Waals surface area contributed by atoms with Gasteiger partial charge in [0.2, 0.25) is 19.7 Å². The first-order chi connectivity index (χ1) is 30.0. The van der Waals surface area contributed by atoms with Gasteiger partial charge in [0.25, 0.3) is 0 Å². The summed E-state index contributed by atoms with van der Waals surface area (Å²) in [6.07, 6.45) is 0. The van der Waals surface area contributed by atoms with Crippen LogP contribution in [0.25, 0.3) is 33.4 Å². The monoisotopic (exact) mass is 848 g/mol. The van der Waals surface area contributed by atoms with Crippen LogP contribution in [-0.2, 0) is 29.3 Å². The van der Waals surface area contributed by atoms with Crippen molar-refractivity contribution < 1.29 is 35.9 Å². The van der Waals surface area contributed by atoms with Crippen molar-refractivity contribution in [1.82, 2.24) is 0 Å². The number of hydrogen-bond acceptors (Lipinski definition) is 10. The minimum absolute atomic E-state index is 0.0374. The number of fused-ring (bicyclic) bond motifs is 6. The number of esters is 2. The van der Waals surface area contributed by atoms with Gasteiger partial charge in [0, 0.05) is 11.1 Å². The number of benzene rings is 7. The van der Waals surface area contributed by atoms with Crippen molar-refractivity contribution in [1.29, 1.82) is 10.5 Å². The first-order valence-corrected chi connectivity index (χ1v) is 21.9. The lowest BCUT2D eigenvalue weighted by Crippen LogP contribution is -2.13. The van der Waals surface area contributed by atoms with E-state index in [0.717, 1.165) is 0 Å². The molecule has 0 saturated carbocycles. The summed E-state index contributed by atoms with van der Waals surface area (Å²) in [7, 11) is -8.17. The van der Waals surface area contributed by atoms with Gasteiger partial charge >= 0.3 is 11.9 Å². The molecule has 298 valence electrons. The molecule has 0 aromatic heterocycles. The Hall–Kier alpha value is -8.16. The highest BCUT2D eigenvalue weighted by Gasteiger charge is 2.37. The van der Waals surface area contributed by atoms with Gasteiger partial charge in [-0.3, -0.25) is 0 Å². The molecule has 0 fully saturated rings. The summed E-state index contributed by atoms with van der Waals surface area (Å²) in [4.78, 5) is 27.9. The third-order valence-corrected chi connectivity index (χ3v) is 14.1. The average molecular weight is 849 g/mol. The molecule has 2 aliphatic carbocycles. The predicted octanol–water partition coefficient (Wildman–Crippen LogP) is 9.18. The predicted molar refractivity (Wildman–Crippen MR) is 229 cm³/mol. The quantitative estimate of drug-likeness (QED) is 0.0622. The highest BCUT2D eigenvalue weighted by molar-refractivity contribution is 7.91. The second kappa shape index (κ2) is 15.5. The second-order valence-corrected chi connectivity index (χ2v) is 18.0.